The summed E-state index contributed by atoms with van der Waals surface area (Å²) in [5.74, 6) is 1.23. The monoisotopic (exact) mass is 168 g/mol. The van der Waals surface area contributed by atoms with Crippen LogP contribution in [0.1, 0.15) is 25.7 Å². The number of amidine groups is 1. The molecule has 68 valence electrons. The van der Waals surface area contributed by atoms with Crippen molar-refractivity contribution >= 4 is 5.84 Å². The van der Waals surface area contributed by atoms with Crippen LogP contribution in [0.2, 0.25) is 0 Å². The van der Waals surface area contributed by atoms with E-state index in [9.17, 15) is 0 Å². The lowest BCUT2D eigenvalue weighted by Crippen LogP contribution is -2.31. The predicted molar refractivity (Wildman–Crippen MR) is 48.2 cm³/mol. The van der Waals surface area contributed by atoms with Crippen molar-refractivity contribution < 1.29 is 4.74 Å². The van der Waals surface area contributed by atoms with Crippen molar-refractivity contribution in [2.75, 3.05) is 13.2 Å². The van der Waals surface area contributed by atoms with E-state index in [0.29, 0.717) is 12.0 Å². The number of rotatable bonds is 2. The fourth-order valence-electron chi connectivity index (χ4n) is 1.49. The molecule has 3 nitrogen and oxygen atoms in total. The molecule has 0 amide bonds. The van der Waals surface area contributed by atoms with Gasteiger partial charge in [0.15, 0.2) is 0 Å². The Hall–Kier alpha value is -0.570. The second-order valence-corrected chi connectivity index (χ2v) is 3.70. The van der Waals surface area contributed by atoms with E-state index in [2.05, 4.69) is 4.99 Å². The fraction of sp³-hybridized carbons (Fsp3) is 0.889. The highest BCUT2D eigenvalue weighted by molar-refractivity contribution is 5.83. The molecule has 2 aliphatic rings. The van der Waals surface area contributed by atoms with Gasteiger partial charge in [-0.15, -0.1) is 0 Å². The predicted octanol–water partition coefficient (Wildman–Crippen LogP) is 0.933. The van der Waals surface area contributed by atoms with Crippen molar-refractivity contribution in [1.82, 2.24) is 0 Å². The minimum absolute atomic E-state index is 0.402. The van der Waals surface area contributed by atoms with E-state index in [1.165, 1.54) is 12.8 Å². The molecule has 2 rings (SSSR count). The summed E-state index contributed by atoms with van der Waals surface area (Å²) in [5, 5.41) is 0. The Bertz CT molecular complexity index is 181. The highest BCUT2D eigenvalue weighted by Gasteiger charge is 2.23. The molecule has 0 aromatic rings. The summed E-state index contributed by atoms with van der Waals surface area (Å²) in [6, 6.07) is 0.548. The molecule has 2 N–H and O–H groups in total. The lowest BCUT2D eigenvalue weighted by molar-refractivity contribution is 0.0765. The third kappa shape index (κ3) is 1.97. The van der Waals surface area contributed by atoms with Crippen molar-refractivity contribution in [2.45, 2.75) is 31.7 Å². The van der Waals surface area contributed by atoms with Crippen LogP contribution in [0.3, 0.4) is 0 Å². The zero-order valence-corrected chi connectivity index (χ0v) is 7.33. The van der Waals surface area contributed by atoms with Gasteiger partial charge in [-0.25, -0.2) is 0 Å². The summed E-state index contributed by atoms with van der Waals surface area (Å²) in [6.45, 7) is 1.68. The van der Waals surface area contributed by atoms with Crippen LogP contribution in [-0.2, 0) is 4.74 Å². The molecule has 1 atom stereocenters. The van der Waals surface area contributed by atoms with Gasteiger partial charge in [0.05, 0.1) is 18.5 Å². The van der Waals surface area contributed by atoms with Crippen molar-refractivity contribution in [1.29, 1.82) is 0 Å². The number of hydrogen-bond acceptors (Lipinski definition) is 2. The minimum Gasteiger partial charge on any atom is -0.387 e. The largest absolute Gasteiger partial charge is 0.387 e. The van der Waals surface area contributed by atoms with Gasteiger partial charge in [-0.05, 0) is 25.7 Å². The Morgan fingerprint density at radius 1 is 1.33 bits per heavy atom. The van der Waals surface area contributed by atoms with Crippen molar-refractivity contribution in [3.05, 3.63) is 0 Å². The Morgan fingerprint density at radius 3 is 2.75 bits per heavy atom. The van der Waals surface area contributed by atoms with E-state index in [-0.39, 0.29) is 0 Å². The van der Waals surface area contributed by atoms with Crippen LogP contribution < -0.4 is 5.73 Å². The maximum absolute atomic E-state index is 5.86. The minimum atomic E-state index is 0.402. The Kier molecular flexibility index (Phi) is 2.30. The molecule has 1 saturated carbocycles. The molecule has 1 heterocycles. The number of aliphatic imine (C=N–C) groups is 1. The average molecular weight is 168 g/mol. The lowest BCUT2D eigenvalue weighted by atomic mass is 10.0. The third-order valence-corrected chi connectivity index (χ3v) is 2.46. The van der Waals surface area contributed by atoms with Gasteiger partial charge in [-0.3, -0.25) is 4.99 Å². The molecule has 12 heavy (non-hydrogen) atoms. The zero-order valence-electron chi connectivity index (χ0n) is 7.33. The maximum Gasteiger partial charge on any atom is 0.0995 e. The summed E-state index contributed by atoms with van der Waals surface area (Å²) in [4.78, 5) is 4.43. The summed E-state index contributed by atoms with van der Waals surface area (Å²) in [7, 11) is 0. The first-order valence-corrected chi connectivity index (χ1v) is 4.77. The van der Waals surface area contributed by atoms with Crippen LogP contribution in [-0.4, -0.2) is 25.1 Å². The fourth-order valence-corrected chi connectivity index (χ4v) is 1.49. The molecular formula is C9H16N2O. The van der Waals surface area contributed by atoms with E-state index in [1.54, 1.807) is 0 Å². The van der Waals surface area contributed by atoms with Gasteiger partial charge in [0.25, 0.3) is 0 Å². The average Bonchev–Trinajstić information content (AvgIpc) is 2.90. The maximum atomic E-state index is 5.86. The van der Waals surface area contributed by atoms with Crippen molar-refractivity contribution in [3.8, 4) is 0 Å². The number of nitrogens with two attached hydrogens (primary N) is 1. The quantitative estimate of drug-likeness (QED) is 0.492. The Labute approximate surface area is 73.0 Å². The number of ether oxygens (including phenoxy) is 1. The molecule has 0 bridgehead atoms. The standard InChI is InChI=1S/C9H16N2O/c10-9(11-8-3-4-8)7-2-1-5-12-6-7/h7-8H,1-6H2,(H2,10,11). The second kappa shape index (κ2) is 3.44. The first-order chi connectivity index (χ1) is 5.86. The van der Waals surface area contributed by atoms with E-state index in [0.717, 1.165) is 31.9 Å². The zero-order chi connectivity index (χ0) is 8.39. The van der Waals surface area contributed by atoms with Crippen LogP contribution in [0.15, 0.2) is 4.99 Å². The van der Waals surface area contributed by atoms with Gasteiger partial charge in [0.1, 0.15) is 0 Å². The molecule has 3 heteroatoms. The van der Waals surface area contributed by atoms with Crippen molar-refractivity contribution in [2.24, 2.45) is 16.6 Å². The van der Waals surface area contributed by atoms with Crippen LogP contribution in [0.4, 0.5) is 0 Å². The highest BCUT2D eigenvalue weighted by atomic mass is 16.5. The first kappa shape index (κ1) is 8.05. The second-order valence-electron chi connectivity index (χ2n) is 3.70. The summed E-state index contributed by atoms with van der Waals surface area (Å²) < 4.78 is 5.34. The van der Waals surface area contributed by atoms with Gasteiger partial charge < -0.3 is 10.5 Å². The van der Waals surface area contributed by atoms with E-state index in [1.807, 2.05) is 0 Å². The smallest absolute Gasteiger partial charge is 0.0995 e. The van der Waals surface area contributed by atoms with Crippen molar-refractivity contribution in [3.63, 3.8) is 0 Å². The normalized spacial score (nSPS) is 32.0. The van der Waals surface area contributed by atoms with Crippen LogP contribution >= 0.6 is 0 Å². The Balaban J connectivity index is 1.87. The molecule has 1 unspecified atom stereocenters. The van der Waals surface area contributed by atoms with Crippen LogP contribution in [0, 0.1) is 5.92 Å². The number of hydrogen-bond donors (Lipinski definition) is 1. The number of nitrogens with zero attached hydrogens (tertiary/aromatic N) is 1. The van der Waals surface area contributed by atoms with Gasteiger partial charge in [0.2, 0.25) is 0 Å². The highest BCUT2D eigenvalue weighted by Crippen LogP contribution is 2.25. The van der Waals surface area contributed by atoms with Crippen LogP contribution in [0.25, 0.3) is 0 Å². The molecule has 1 aliphatic heterocycles. The molecule has 0 aromatic heterocycles. The molecule has 2 fully saturated rings. The van der Waals surface area contributed by atoms with E-state index >= 15 is 0 Å². The van der Waals surface area contributed by atoms with E-state index < -0.39 is 0 Å². The molecule has 1 aliphatic carbocycles. The lowest BCUT2D eigenvalue weighted by Gasteiger charge is -2.21. The molecule has 0 aromatic carbocycles. The first-order valence-electron chi connectivity index (χ1n) is 4.77. The van der Waals surface area contributed by atoms with Gasteiger partial charge >= 0.3 is 0 Å². The van der Waals surface area contributed by atoms with E-state index in [4.69, 9.17) is 10.5 Å². The molecular weight excluding hydrogens is 152 g/mol. The molecule has 0 spiro atoms. The third-order valence-electron chi connectivity index (χ3n) is 2.46. The summed E-state index contributed by atoms with van der Waals surface area (Å²) in [6.07, 6.45) is 4.75. The summed E-state index contributed by atoms with van der Waals surface area (Å²) in [5.41, 5.74) is 5.86. The SMILES string of the molecule is NC(=NC1CC1)C1CCCOC1. The van der Waals surface area contributed by atoms with Gasteiger partial charge in [-0.1, -0.05) is 0 Å². The summed E-state index contributed by atoms with van der Waals surface area (Å²) >= 11 is 0. The topological polar surface area (TPSA) is 47.6 Å². The van der Waals surface area contributed by atoms with Crippen LogP contribution in [0.5, 0.6) is 0 Å². The Morgan fingerprint density at radius 2 is 2.17 bits per heavy atom. The molecule has 1 saturated heterocycles. The van der Waals surface area contributed by atoms with Gasteiger partial charge in [0, 0.05) is 12.5 Å². The molecule has 0 radical (unpaired) electrons. The van der Waals surface area contributed by atoms with Gasteiger partial charge in [-0.2, -0.15) is 0 Å².